The molecule has 21 heavy (non-hydrogen) atoms. The van der Waals surface area contributed by atoms with Crippen molar-refractivity contribution in [2.75, 3.05) is 5.73 Å². The van der Waals surface area contributed by atoms with E-state index in [4.69, 9.17) is 28.9 Å². The Hall–Kier alpha value is -2.11. The first kappa shape index (κ1) is 13.9. The number of hydrogen-bond donors (Lipinski definition) is 1. The monoisotopic (exact) mass is 319 g/mol. The number of nitrogens with two attached hydrogens (primary N) is 1. The summed E-state index contributed by atoms with van der Waals surface area (Å²) in [4.78, 5) is 0. The molecule has 3 rings (SSSR count). The molecule has 2 aromatic carbocycles. The van der Waals surface area contributed by atoms with Crippen molar-refractivity contribution in [2.45, 2.75) is 6.92 Å². The van der Waals surface area contributed by atoms with Crippen molar-refractivity contribution >= 4 is 28.9 Å². The highest BCUT2D eigenvalue weighted by molar-refractivity contribution is 6.32. The summed E-state index contributed by atoms with van der Waals surface area (Å²) in [5, 5.41) is 12.9. The third-order valence-corrected chi connectivity index (χ3v) is 3.61. The highest BCUT2D eigenvalue weighted by Gasteiger charge is 2.16. The molecule has 0 fully saturated rings. The number of halogens is 2. The van der Waals surface area contributed by atoms with Gasteiger partial charge in [-0.2, -0.15) is 4.68 Å². The average Bonchev–Trinajstić information content (AvgIpc) is 2.93. The number of hydrogen-bond acceptors (Lipinski definition) is 4. The first-order valence-electron chi connectivity index (χ1n) is 6.16. The zero-order valence-corrected chi connectivity index (χ0v) is 12.6. The van der Waals surface area contributed by atoms with Gasteiger partial charge in [0.05, 0.1) is 10.7 Å². The zero-order valence-electron chi connectivity index (χ0n) is 11.1. The molecule has 0 radical (unpaired) electrons. The normalized spacial score (nSPS) is 10.8. The van der Waals surface area contributed by atoms with Gasteiger partial charge >= 0.3 is 0 Å². The second-order valence-corrected chi connectivity index (χ2v) is 5.44. The van der Waals surface area contributed by atoms with Crippen molar-refractivity contribution in [1.82, 2.24) is 20.2 Å². The van der Waals surface area contributed by atoms with Gasteiger partial charge < -0.3 is 5.73 Å². The molecule has 0 aliphatic carbocycles. The lowest BCUT2D eigenvalue weighted by Crippen LogP contribution is -2.03. The molecule has 7 heteroatoms. The third-order valence-electron chi connectivity index (χ3n) is 3.06. The summed E-state index contributed by atoms with van der Waals surface area (Å²) in [5.41, 5.74) is 8.94. The predicted molar refractivity (Wildman–Crippen MR) is 83.8 cm³/mol. The molecule has 0 amide bonds. The van der Waals surface area contributed by atoms with E-state index in [9.17, 15) is 0 Å². The topological polar surface area (TPSA) is 69.6 Å². The molecular formula is C14H11Cl2N5. The molecule has 0 aliphatic rings. The highest BCUT2D eigenvalue weighted by atomic mass is 35.5. The number of tetrazole rings is 1. The van der Waals surface area contributed by atoms with Gasteiger partial charge in [0.25, 0.3) is 0 Å². The van der Waals surface area contributed by atoms with E-state index in [1.807, 2.05) is 19.1 Å². The van der Waals surface area contributed by atoms with E-state index in [-0.39, 0.29) is 0 Å². The van der Waals surface area contributed by atoms with Crippen LogP contribution in [0, 0.1) is 6.92 Å². The maximum Gasteiger partial charge on any atom is 0.189 e. The summed E-state index contributed by atoms with van der Waals surface area (Å²) < 4.78 is 1.55. The van der Waals surface area contributed by atoms with Crippen LogP contribution in [-0.4, -0.2) is 20.2 Å². The SMILES string of the molecule is Cc1ccc(Cl)c(-n2nnnc2-c2cc(Cl)ccc2N)c1. The Bertz CT molecular complexity index is 747. The largest absolute Gasteiger partial charge is 0.398 e. The van der Waals surface area contributed by atoms with Crippen molar-refractivity contribution in [2.24, 2.45) is 0 Å². The van der Waals surface area contributed by atoms with Crippen LogP contribution in [0.3, 0.4) is 0 Å². The Morgan fingerprint density at radius 1 is 1.10 bits per heavy atom. The maximum absolute atomic E-state index is 6.24. The summed E-state index contributed by atoms with van der Waals surface area (Å²) in [6, 6.07) is 10.8. The van der Waals surface area contributed by atoms with Gasteiger partial charge in [0, 0.05) is 16.3 Å². The van der Waals surface area contributed by atoms with Crippen LogP contribution in [0.15, 0.2) is 36.4 Å². The van der Waals surface area contributed by atoms with Gasteiger partial charge in [-0.15, -0.1) is 5.10 Å². The van der Waals surface area contributed by atoms with E-state index in [1.165, 1.54) is 0 Å². The minimum atomic E-state index is 0.488. The highest BCUT2D eigenvalue weighted by Crippen LogP contribution is 2.30. The number of benzene rings is 2. The van der Waals surface area contributed by atoms with E-state index < -0.39 is 0 Å². The molecule has 0 unspecified atom stereocenters. The van der Waals surface area contributed by atoms with Gasteiger partial charge in [-0.3, -0.25) is 0 Å². The number of anilines is 1. The molecule has 3 aromatic rings. The third kappa shape index (κ3) is 2.57. The fourth-order valence-electron chi connectivity index (χ4n) is 2.02. The molecule has 0 saturated heterocycles. The lowest BCUT2D eigenvalue weighted by Gasteiger charge is -2.09. The summed E-state index contributed by atoms with van der Waals surface area (Å²) in [6.45, 7) is 1.97. The van der Waals surface area contributed by atoms with E-state index in [1.54, 1.807) is 28.9 Å². The van der Waals surface area contributed by atoms with E-state index in [2.05, 4.69) is 15.5 Å². The van der Waals surface area contributed by atoms with Gasteiger partial charge in [0.1, 0.15) is 0 Å². The molecule has 0 atom stereocenters. The van der Waals surface area contributed by atoms with E-state index in [0.717, 1.165) is 5.56 Å². The van der Waals surface area contributed by atoms with Gasteiger partial charge in [0.15, 0.2) is 5.82 Å². The number of nitrogens with zero attached hydrogens (tertiary/aromatic N) is 4. The Balaban J connectivity index is 2.22. The molecule has 0 aliphatic heterocycles. The molecule has 0 spiro atoms. The smallest absolute Gasteiger partial charge is 0.189 e. The summed E-state index contributed by atoms with van der Waals surface area (Å²) in [7, 11) is 0. The van der Waals surface area contributed by atoms with Crippen molar-refractivity contribution < 1.29 is 0 Å². The molecular weight excluding hydrogens is 309 g/mol. The fraction of sp³-hybridized carbons (Fsp3) is 0.0714. The molecule has 1 heterocycles. The van der Waals surface area contributed by atoms with Crippen LogP contribution in [0.25, 0.3) is 17.1 Å². The quantitative estimate of drug-likeness (QED) is 0.733. The molecule has 5 nitrogen and oxygen atoms in total. The second-order valence-electron chi connectivity index (χ2n) is 4.60. The average molecular weight is 320 g/mol. The fourth-order valence-corrected chi connectivity index (χ4v) is 2.39. The Morgan fingerprint density at radius 3 is 2.71 bits per heavy atom. The molecule has 2 N–H and O–H groups in total. The van der Waals surface area contributed by atoms with Gasteiger partial charge in [-0.05, 0) is 53.2 Å². The number of rotatable bonds is 2. The van der Waals surface area contributed by atoms with Crippen LogP contribution in [-0.2, 0) is 0 Å². The summed E-state index contributed by atoms with van der Waals surface area (Å²) >= 11 is 12.3. The van der Waals surface area contributed by atoms with Crippen LogP contribution in [0.4, 0.5) is 5.69 Å². The lowest BCUT2D eigenvalue weighted by molar-refractivity contribution is 0.791. The predicted octanol–water partition coefficient (Wildman–Crippen LogP) is 3.53. The summed E-state index contributed by atoms with van der Waals surface area (Å²) in [5.74, 6) is 0.488. The molecule has 106 valence electrons. The van der Waals surface area contributed by atoms with Crippen LogP contribution in [0.2, 0.25) is 10.0 Å². The maximum atomic E-state index is 6.24. The van der Waals surface area contributed by atoms with Crippen LogP contribution >= 0.6 is 23.2 Å². The first-order chi connectivity index (χ1) is 10.1. The second kappa shape index (κ2) is 5.35. The van der Waals surface area contributed by atoms with Crippen molar-refractivity contribution in [3.63, 3.8) is 0 Å². The van der Waals surface area contributed by atoms with Crippen molar-refractivity contribution in [3.05, 3.63) is 52.0 Å². The minimum Gasteiger partial charge on any atom is -0.398 e. The van der Waals surface area contributed by atoms with Crippen molar-refractivity contribution in [1.29, 1.82) is 0 Å². The first-order valence-corrected chi connectivity index (χ1v) is 6.92. The van der Waals surface area contributed by atoms with Crippen molar-refractivity contribution in [3.8, 4) is 17.1 Å². The van der Waals surface area contributed by atoms with Gasteiger partial charge in [-0.25, -0.2) is 0 Å². The van der Waals surface area contributed by atoms with Gasteiger partial charge in [0.2, 0.25) is 0 Å². The molecule has 0 bridgehead atoms. The van der Waals surface area contributed by atoms with Crippen LogP contribution in [0.1, 0.15) is 5.56 Å². The Morgan fingerprint density at radius 2 is 1.90 bits per heavy atom. The standard InChI is InChI=1S/C14H11Cl2N5/c1-8-2-4-11(16)13(6-8)21-14(18-19-20-21)10-7-9(15)3-5-12(10)17/h2-7H,17H2,1H3. The minimum absolute atomic E-state index is 0.488. The zero-order chi connectivity index (χ0) is 15.0. The number of aryl methyl sites for hydroxylation is 1. The van der Waals surface area contributed by atoms with E-state index >= 15 is 0 Å². The molecule has 1 aromatic heterocycles. The lowest BCUT2D eigenvalue weighted by atomic mass is 10.1. The number of nitrogen functional groups attached to an aromatic ring is 1. The molecule has 0 saturated carbocycles. The van der Waals surface area contributed by atoms with E-state index in [0.29, 0.717) is 32.8 Å². The van der Waals surface area contributed by atoms with Gasteiger partial charge in [-0.1, -0.05) is 29.3 Å². The van der Waals surface area contributed by atoms with Crippen LogP contribution in [0.5, 0.6) is 0 Å². The van der Waals surface area contributed by atoms with Crippen LogP contribution < -0.4 is 5.73 Å². The Kier molecular flexibility index (Phi) is 3.53. The Labute approximate surface area is 131 Å². The number of aromatic nitrogens is 4. The summed E-state index contributed by atoms with van der Waals surface area (Å²) in [6.07, 6.45) is 0.